The molecule has 0 fully saturated rings. The van der Waals surface area contributed by atoms with Crippen molar-refractivity contribution < 1.29 is 4.74 Å². The van der Waals surface area contributed by atoms with Crippen LogP contribution in [0.1, 0.15) is 25.1 Å². The van der Waals surface area contributed by atoms with Gasteiger partial charge in [0.2, 0.25) is 0 Å². The predicted molar refractivity (Wildman–Crippen MR) is 54.5 cm³/mol. The zero-order valence-corrected chi connectivity index (χ0v) is 8.73. The molecule has 5 heteroatoms. The van der Waals surface area contributed by atoms with Crippen molar-refractivity contribution in [3.8, 4) is 0 Å². The van der Waals surface area contributed by atoms with Gasteiger partial charge < -0.3 is 4.74 Å². The summed E-state index contributed by atoms with van der Waals surface area (Å²) in [6.45, 7) is 3.57. The minimum absolute atomic E-state index is 0.00838. The van der Waals surface area contributed by atoms with Crippen molar-refractivity contribution in [3.63, 3.8) is 0 Å². The van der Waals surface area contributed by atoms with Crippen LogP contribution >= 0.6 is 0 Å². The topological polar surface area (TPSA) is 65.1 Å². The summed E-state index contributed by atoms with van der Waals surface area (Å²) in [6, 6.07) is 1.97. The molecule has 1 unspecified atom stereocenters. The second kappa shape index (κ2) is 5.74. The Morgan fingerprint density at radius 3 is 3.07 bits per heavy atom. The van der Waals surface area contributed by atoms with Crippen molar-refractivity contribution in [1.29, 1.82) is 0 Å². The highest BCUT2D eigenvalue weighted by Gasteiger charge is 2.13. The lowest BCUT2D eigenvalue weighted by molar-refractivity contribution is 0.163. The minimum atomic E-state index is 0.00838. The molecule has 0 aliphatic heterocycles. The summed E-state index contributed by atoms with van der Waals surface area (Å²) in [5.74, 6) is 5.44. The number of hydrogen-bond donors (Lipinski definition) is 2. The minimum Gasteiger partial charge on any atom is -0.383 e. The fourth-order valence-electron chi connectivity index (χ4n) is 1.42. The summed E-state index contributed by atoms with van der Waals surface area (Å²) in [7, 11) is 1.66. The van der Waals surface area contributed by atoms with Gasteiger partial charge in [-0.15, -0.1) is 0 Å². The van der Waals surface area contributed by atoms with Gasteiger partial charge >= 0.3 is 0 Å². The number of ether oxygens (including phenoxy) is 1. The van der Waals surface area contributed by atoms with Crippen LogP contribution in [-0.4, -0.2) is 23.5 Å². The van der Waals surface area contributed by atoms with E-state index in [1.807, 2.05) is 10.7 Å². The zero-order valence-electron chi connectivity index (χ0n) is 8.73. The van der Waals surface area contributed by atoms with E-state index in [-0.39, 0.29) is 6.04 Å². The fourth-order valence-corrected chi connectivity index (χ4v) is 1.42. The molecule has 0 spiro atoms. The lowest BCUT2D eigenvalue weighted by Gasteiger charge is -2.16. The van der Waals surface area contributed by atoms with Gasteiger partial charge in [0, 0.05) is 19.9 Å². The van der Waals surface area contributed by atoms with Crippen LogP contribution in [-0.2, 0) is 11.3 Å². The molecule has 14 heavy (non-hydrogen) atoms. The number of aryl methyl sites for hydroxylation is 1. The zero-order chi connectivity index (χ0) is 10.4. The number of methoxy groups -OCH3 is 1. The molecule has 0 aliphatic carbocycles. The van der Waals surface area contributed by atoms with Gasteiger partial charge in [-0.25, -0.2) is 5.43 Å². The van der Waals surface area contributed by atoms with Crippen LogP contribution in [0.2, 0.25) is 0 Å². The number of hydrogen-bond acceptors (Lipinski definition) is 4. The molecule has 1 aromatic rings. The Hall–Kier alpha value is -0.910. The van der Waals surface area contributed by atoms with Gasteiger partial charge in [-0.1, -0.05) is 6.92 Å². The lowest BCUT2D eigenvalue weighted by Crippen LogP contribution is -2.32. The molecular formula is C9H18N4O. The highest BCUT2D eigenvalue weighted by molar-refractivity contribution is 5.06. The van der Waals surface area contributed by atoms with E-state index in [9.17, 15) is 0 Å². The third-order valence-electron chi connectivity index (χ3n) is 2.08. The molecular weight excluding hydrogens is 180 g/mol. The fraction of sp³-hybridized carbons (Fsp3) is 0.667. The van der Waals surface area contributed by atoms with Gasteiger partial charge in [0.25, 0.3) is 0 Å². The average molecular weight is 198 g/mol. The molecule has 80 valence electrons. The van der Waals surface area contributed by atoms with E-state index in [0.29, 0.717) is 6.61 Å². The monoisotopic (exact) mass is 198 g/mol. The first kappa shape index (κ1) is 11.2. The van der Waals surface area contributed by atoms with Gasteiger partial charge in [-0.2, -0.15) is 5.10 Å². The normalized spacial score (nSPS) is 13.1. The number of nitrogens with two attached hydrogens (primary N) is 1. The Bertz CT molecular complexity index is 261. The predicted octanol–water partition coefficient (Wildman–Crippen LogP) is 0.444. The van der Waals surface area contributed by atoms with Crippen LogP contribution in [0.15, 0.2) is 12.3 Å². The maximum Gasteiger partial charge on any atom is 0.0862 e. The van der Waals surface area contributed by atoms with Crippen molar-refractivity contribution in [1.82, 2.24) is 15.2 Å². The third-order valence-corrected chi connectivity index (χ3v) is 2.08. The van der Waals surface area contributed by atoms with Crippen LogP contribution in [0.5, 0.6) is 0 Å². The number of nitrogens with one attached hydrogen (secondary N) is 1. The van der Waals surface area contributed by atoms with E-state index >= 15 is 0 Å². The molecule has 0 aromatic carbocycles. The van der Waals surface area contributed by atoms with Gasteiger partial charge in [0.1, 0.15) is 0 Å². The number of aromatic nitrogens is 2. The summed E-state index contributed by atoms with van der Waals surface area (Å²) in [5.41, 5.74) is 3.78. The molecule has 1 rings (SSSR count). The standard InChI is InChI=1S/C9H18N4O/c1-3-6-13-9(4-5-11-13)8(12-10)7-14-2/h4-5,8,12H,3,6-7,10H2,1-2H3. The number of nitrogens with zero attached hydrogens (tertiary/aromatic N) is 2. The molecule has 0 saturated carbocycles. The van der Waals surface area contributed by atoms with Gasteiger partial charge in [0.05, 0.1) is 18.3 Å². The van der Waals surface area contributed by atoms with Crippen molar-refractivity contribution in [2.45, 2.75) is 25.9 Å². The summed E-state index contributed by atoms with van der Waals surface area (Å²) in [4.78, 5) is 0. The summed E-state index contributed by atoms with van der Waals surface area (Å²) >= 11 is 0. The molecule has 0 amide bonds. The van der Waals surface area contributed by atoms with E-state index < -0.39 is 0 Å². The van der Waals surface area contributed by atoms with Gasteiger partial charge in [0.15, 0.2) is 0 Å². The molecule has 0 aliphatic rings. The molecule has 1 aromatic heterocycles. The molecule has 3 N–H and O–H groups in total. The number of hydrazine groups is 1. The lowest BCUT2D eigenvalue weighted by atomic mass is 10.2. The summed E-state index contributed by atoms with van der Waals surface area (Å²) in [5, 5.41) is 4.22. The van der Waals surface area contributed by atoms with E-state index in [2.05, 4.69) is 17.4 Å². The van der Waals surface area contributed by atoms with Crippen molar-refractivity contribution in [2.75, 3.05) is 13.7 Å². The molecule has 0 saturated heterocycles. The van der Waals surface area contributed by atoms with Gasteiger partial charge in [-0.3, -0.25) is 10.5 Å². The van der Waals surface area contributed by atoms with Crippen molar-refractivity contribution >= 4 is 0 Å². The molecule has 5 nitrogen and oxygen atoms in total. The highest BCUT2D eigenvalue weighted by atomic mass is 16.5. The molecule has 0 radical (unpaired) electrons. The third kappa shape index (κ3) is 2.54. The van der Waals surface area contributed by atoms with E-state index in [1.165, 1.54) is 0 Å². The van der Waals surface area contributed by atoms with E-state index in [0.717, 1.165) is 18.7 Å². The second-order valence-corrected chi connectivity index (χ2v) is 3.15. The second-order valence-electron chi connectivity index (χ2n) is 3.15. The Labute approximate surface area is 84.2 Å². The Morgan fingerprint density at radius 1 is 1.71 bits per heavy atom. The number of rotatable bonds is 6. The van der Waals surface area contributed by atoms with Crippen LogP contribution in [0.4, 0.5) is 0 Å². The molecule has 1 heterocycles. The summed E-state index contributed by atoms with van der Waals surface area (Å²) < 4.78 is 7.02. The largest absolute Gasteiger partial charge is 0.383 e. The van der Waals surface area contributed by atoms with Crippen molar-refractivity contribution in [3.05, 3.63) is 18.0 Å². The van der Waals surface area contributed by atoms with Crippen molar-refractivity contribution in [2.24, 2.45) is 5.84 Å². The first-order valence-corrected chi connectivity index (χ1v) is 4.80. The maximum absolute atomic E-state index is 5.44. The summed E-state index contributed by atoms with van der Waals surface area (Å²) in [6.07, 6.45) is 2.84. The molecule has 0 bridgehead atoms. The van der Waals surface area contributed by atoms with Crippen LogP contribution in [0, 0.1) is 0 Å². The van der Waals surface area contributed by atoms with Crippen LogP contribution in [0.3, 0.4) is 0 Å². The van der Waals surface area contributed by atoms with Gasteiger partial charge in [-0.05, 0) is 12.5 Å². The first-order chi connectivity index (χ1) is 6.83. The highest BCUT2D eigenvalue weighted by Crippen LogP contribution is 2.11. The average Bonchev–Trinajstić information content (AvgIpc) is 2.63. The SMILES string of the molecule is CCCn1nccc1C(COC)NN. The quantitative estimate of drug-likeness (QED) is 0.514. The Kier molecular flexibility index (Phi) is 4.58. The smallest absolute Gasteiger partial charge is 0.0862 e. The van der Waals surface area contributed by atoms with Crippen LogP contribution < -0.4 is 11.3 Å². The van der Waals surface area contributed by atoms with Crippen LogP contribution in [0.25, 0.3) is 0 Å². The van der Waals surface area contributed by atoms with E-state index in [4.69, 9.17) is 10.6 Å². The first-order valence-electron chi connectivity index (χ1n) is 4.80. The maximum atomic E-state index is 5.44. The Morgan fingerprint density at radius 2 is 2.50 bits per heavy atom. The molecule has 1 atom stereocenters. The van der Waals surface area contributed by atoms with E-state index in [1.54, 1.807) is 13.3 Å². The Balaban J connectivity index is 2.74.